The van der Waals surface area contributed by atoms with Gasteiger partial charge >= 0.3 is 0 Å². The molecule has 72 valence electrons. The molecule has 3 heteroatoms. The SMILES string of the molecule is ClC1(N2CCNCC2)C=CC=CC1. The zero-order chi connectivity index (χ0) is 9.15. The van der Waals surface area contributed by atoms with Crippen molar-refractivity contribution in [1.29, 1.82) is 0 Å². The Morgan fingerprint density at radius 2 is 2.00 bits per heavy atom. The number of piperazine rings is 1. The van der Waals surface area contributed by atoms with E-state index in [0.717, 1.165) is 32.6 Å². The van der Waals surface area contributed by atoms with Gasteiger partial charge in [0.15, 0.2) is 0 Å². The summed E-state index contributed by atoms with van der Waals surface area (Å²) in [5, 5.41) is 3.33. The Labute approximate surface area is 84.2 Å². The number of allylic oxidation sites excluding steroid dienone is 2. The highest BCUT2D eigenvalue weighted by Crippen LogP contribution is 2.29. The van der Waals surface area contributed by atoms with E-state index in [1.165, 1.54) is 0 Å². The van der Waals surface area contributed by atoms with Gasteiger partial charge in [-0.1, -0.05) is 29.8 Å². The van der Waals surface area contributed by atoms with Crippen molar-refractivity contribution in [2.75, 3.05) is 26.2 Å². The summed E-state index contributed by atoms with van der Waals surface area (Å²) in [4.78, 5) is 2.09. The average molecular weight is 199 g/mol. The van der Waals surface area contributed by atoms with Crippen LogP contribution in [0.15, 0.2) is 24.3 Å². The van der Waals surface area contributed by atoms with E-state index >= 15 is 0 Å². The molecule has 1 atom stereocenters. The number of rotatable bonds is 1. The van der Waals surface area contributed by atoms with Crippen LogP contribution in [0, 0.1) is 0 Å². The van der Waals surface area contributed by atoms with Crippen molar-refractivity contribution < 1.29 is 0 Å². The lowest BCUT2D eigenvalue weighted by atomic mass is 10.1. The molecule has 2 aliphatic rings. The molecule has 0 aromatic rings. The van der Waals surface area contributed by atoms with E-state index in [1.807, 2.05) is 6.08 Å². The van der Waals surface area contributed by atoms with Crippen LogP contribution in [0.1, 0.15) is 6.42 Å². The Balaban J connectivity index is 2.04. The number of alkyl halides is 1. The van der Waals surface area contributed by atoms with E-state index < -0.39 is 0 Å². The highest BCUT2D eigenvalue weighted by Gasteiger charge is 2.32. The third-order valence-corrected chi connectivity index (χ3v) is 3.16. The monoisotopic (exact) mass is 198 g/mol. The summed E-state index contributed by atoms with van der Waals surface area (Å²) in [6.45, 7) is 4.18. The highest BCUT2D eigenvalue weighted by atomic mass is 35.5. The number of hydrogen-bond donors (Lipinski definition) is 1. The number of nitrogens with one attached hydrogen (secondary N) is 1. The van der Waals surface area contributed by atoms with Crippen LogP contribution in [0.3, 0.4) is 0 Å². The van der Waals surface area contributed by atoms with Crippen molar-refractivity contribution in [3.05, 3.63) is 24.3 Å². The van der Waals surface area contributed by atoms with Crippen molar-refractivity contribution >= 4 is 11.6 Å². The number of nitrogens with zero attached hydrogens (tertiary/aromatic N) is 1. The minimum absolute atomic E-state index is 0.253. The lowest BCUT2D eigenvalue weighted by Crippen LogP contribution is -2.52. The molecule has 1 aliphatic heterocycles. The van der Waals surface area contributed by atoms with Crippen LogP contribution in [-0.2, 0) is 0 Å². The van der Waals surface area contributed by atoms with Gasteiger partial charge in [-0.2, -0.15) is 0 Å². The molecular weight excluding hydrogens is 184 g/mol. The van der Waals surface area contributed by atoms with Crippen LogP contribution >= 0.6 is 11.6 Å². The molecule has 1 aliphatic carbocycles. The van der Waals surface area contributed by atoms with Gasteiger partial charge < -0.3 is 5.32 Å². The molecule has 1 fully saturated rings. The van der Waals surface area contributed by atoms with Crippen molar-refractivity contribution in [3.63, 3.8) is 0 Å². The smallest absolute Gasteiger partial charge is 0.118 e. The average Bonchev–Trinajstić information content (AvgIpc) is 2.20. The molecule has 1 heterocycles. The summed E-state index contributed by atoms with van der Waals surface area (Å²) in [5.41, 5.74) is 0. The van der Waals surface area contributed by atoms with Crippen LogP contribution < -0.4 is 5.32 Å². The standard InChI is InChI=1S/C10H15ClN2/c11-10(4-2-1-3-5-10)13-8-6-12-7-9-13/h1-4,12H,5-9H2. The Bertz CT molecular complexity index is 231. The molecule has 0 bridgehead atoms. The van der Waals surface area contributed by atoms with Crippen molar-refractivity contribution in [2.45, 2.75) is 11.4 Å². The van der Waals surface area contributed by atoms with Crippen molar-refractivity contribution in [3.8, 4) is 0 Å². The quantitative estimate of drug-likeness (QED) is 0.506. The van der Waals surface area contributed by atoms with E-state index in [4.69, 9.17) is 11.6 Å². The summed E-state index contributed by atoms with van der Waals surface area (Å²) in [6.07, 6.45) is 9.25. The first-order chi connectivity index (χ1) is 6.31. The predicted octanol–water partition coefficient (Wildman–Crippen LogP) is 1.34. The second kappa shape index (κ2) is 3.82. The van der Waals surface area contributed by atoms with Gasteiger partial charge in [0.25, 0.3) is 0 Å². The summed E-state index contributed by atoms with van der Waals surface area (Å²) >= 11 is 6.51. The maximum Gasteiger partial charge on any atom is 0.118 e. The van der Waals surface area contributed by atoms with Gasteiger partial charge in [0, 0.05) is 32.6 Å². The van der Waals surface area contributed by atoms with Gasteiger partial charge in [0.1, 0.15) is 5.00 Å². The molecule has 0 aromatic heterocycles. The van der Waals surface area contributed by atoms with Gasteiger partial charge in [-0.25, -0.2) is 0 Å². The zero-order valence-corrected chi connectivity index (χ0v) is 8.43. The number of halogens is 1. The topological polar surface area (TPSA) is 15.3 Å². The molecule has 1 N–H and O–H groups in total. The minimum Gasteiger partial charge on any atom is -0.314 e. The molecule has 0 aromatic carbocycles. The van der Waals surface area contributed by atoms with E-state index in [1.54, 1.807) is 0 Å². The van der Waals surface area contributed by atoms with Gasteiger partial charge in [-0.15, -0.1) is 0 Å². The molecular formula is C10H15ClN2. The van der Waals surface area contributed by atoms with Gasteiger partial charge in [0.2, 0.25) is 0 Å². The lowest BCUT2D eigenvalue weighted by Gasteiger charge is -2.40. The molecule has 0 saturated carbocycles. The normalized spacial score (nSPS) is 35.2. The zero-order valence-electron chi connectivity index (χ0n) is 7.67. The molecule has 0 radical (unpaired) electrons. The largest absolute Gasteiger partial charge is 0.314 e. The third-order valence-electron chi connectivity index (χ3n) is 2.65. The Morgan fingerprint density at radius 3 is 2.62 bits per heavy atom. The second-order valence-corrected chi connectivity index (χ2v) is 4.20. The fourth-order valence-electron chi connectivity index (χ4n) is 1.85. The maximum atomic E-state index is 6.51. The molecule has 13 heavy (non-hydrogen) atoms. The Morgan fingerprint density at radius 1 is 1.23 bits per heavy atom. The first-order valence-electron chi connectivity index (χ1n) is 4.80. The summed E-state index contributed by atoms with van der Waals surface area (Å²) in [6, 6.07) is 0. The maximum absolute atomic E-state index is 6.51. The summed E-state index contributed by atoms with van der Waals surface area (Å²) in [7, 11) is 0. The van der Waals surface area contributed by atoms with Gasteiger partial charge in [-0.3, -0.25) is 4.90 Å². The molecule has 2 rings (SSSR count). The fourth-order valence-corrected chi connectivity index (χ4v) is 2.18. The van der Waals surface area contributed by atoms with E-state index in [9.17, 15) is 0 Å². The molecule has 2 nitrogen and oxygen atoms in total. The highest BCUT2D eigenvalue weighted by molar-refractivity contribution is 6.25. The van der Waals surface area contributed by atoms with Crippen molar-refractivity contribution in [2.24, 2.45) is 0 Å². The minimum atomic E-state index is -0.253. The Hall–Kier alpha value is -0.310. The van der Waals surface area contributed by atoms with E-state index in [2.05, 4.69) is 28.4 Å². The van der Waals surface area contributed by atoms with Crippen LogP contribution in [0.25, 0.3) is 0 Å². The van der Waals surface area contributed by atoms with Crippen LogP contribution in [-0.4, -0.2) is 36.1 Å². The fraction of sp³-hybridized carbons (Fsp3) is 0.600. The van der Waals surface area contributed by atoms with E-state index in [0.29, 0.717) is 0 Å². The van der Waals surface area contributed by atoms with Crippen molar-refractivity contribution in [1.82, 2.24) is 10.2 Å². The van der Waals surface area contributed by atoms with Gasteiger partial charge in [-0.05, 0) is 6.08 Å². The predicted molar refractivity (Wildman–Crippen MR) is 55.9 cm³/mol. The lowest BCUT2D eigenvalue weighted by molar-refractivity contribution is 0.174. The molecule has 0 amide bonds. The first kappa shape index (κ1) is 9.25. The second-order valence-electron chi connectivity index (χ2n) is 3.55. The summed E-state index contributed by atoms with van der Waals surface area (Å²) in [5.74, 6) is 0. The van der Waals surface area contributed by atoms with Crippen LogP contribution in [0.2, 0.25) is 0 Å². The van der Waals surface area contributed by atoms with Gasteiger partial charge in [0.05, 0.1) is 0 Å². The van der Waals surface area contributed by atoms with Crippen LogP contribution in [0.4, 0.5) is 0 Å². The number of hydrogen-bond acceptors (Lipinski definition) is 2. The molecule has 1 saturated heterocycles. The first-order valence-corrected chi connectivity index (χ1v) is 5.18. The van der Waals surface area contributed by atoms with Crippen LogP contribution in [0.5, 0.6) is 0 Å². The molecule has 0 spiro atoms. The molecule has 1 unspecified atom stereocenters. The Kier molecular flexibility index (Phi) is 2.72. The summed E-state index contributed by atoms with van der Waals surface area (Å²) < 4.78 is 0. The van der Waals surface area contributed by atoms with E-state index in [-0.39, 0.29) is 5.00 Å². The third kappa shape index (κ3) is 1.96.